The number of anilines is 2. The lowest BCUT2D eigenvalue weighted by molar-refractivity contribution is -0.137. The Morgan fingerprint density at radius 3 is 2.56 bits per heavy atom. The maximum atomic E-state index is 12.9. The number of hydrogen-bond donors (Lipinski definition) is 2. The Labute approximate surface area is 183 Å². The van der Waals surface area contributed by atoms with Gasteiger partial charge in [0.1, 0.15) is 5.82 Å². The minimum atomic E-state index is -4.51. The van der Waals surface area contributed by atoms with Crippen LogP contribution in [0.5, 0.6) is 0 Å². The summed E-state index contributed by atoms with van der Waals surface area (Å²) in [6.07, 6.45) is -0.921. The minimum Gasteiger partial charge on any atom is -0.383 e. The molecule has 0 atom stereocenters. The van der Waals surface area contributed by atoms with Crippen molar-refractivity contribution in [3.63, 3.8) is 0 Å². The molecule has 32 heavy (non-hydrogen) atoms. The zero-order valence-corrected chi connectivity index (χ0v) is 18.2. The van der Waals surface area contributed by atoms with Crippen molar-refractivity contribution < 1.29 is 18.0 Å². The number of nitrogens with two attached hydrogens (primary N) is 1. The van der Waals surface area contributed by atoms with Gasteiger partial charge in [0.05, 0.1) is 5.56 Å². The molecule has 2 rings (SSSR count). The molecule has 174 valence electrons. The molecule has 1 heterocycles. The molecule has 1 aromatic carbocycles. The highest BCUT2D eigenvalue weighted by Crippen LogP contribution is 2.29. The van der Waals surface area contributed by atoms with Crippen LogP contribution < -0.4 is 21.9 Å². The molecule has 1 aromatic heterocycles. The van der Waals surface area contributed by atoms with Crippen molar-refractivity contribution in [2.75, 3.05) is 17.2 Å². The van der Waals surface area contributed by atoms with Gasteiger partial charge < -0.3 is 10.6 Å². The first-order valence-electron chi connectivity index (χ1n) is 10.2. The molecule has 7 nitrogen and oxygen atoms in total. The molecule has 0 aliphatic carbocycles. The van der Waals surface area contributed by atoms with Crippen molar-refractivity contribution in [3.05, 3.63) is 62.3 Å². The fourth-order valence-corrected chi connectivity index (χ4v) is 3.11. The molecule has 0 radical (unpaired) electrons. The summed E-state index contributed by atoms with van der Waals surface area (Å²) in [4.78, 5) is 41.0. The van der Waals surface area contributed by atoms with Gasteiger partial charge >= 0.3 is 11.9 Å². The summed E-state index contributed by atoms with van der Waals surface area (Å²) in [5.41, 5.74) is 3.83. The third kappa shape index (κ3) is 6.12. The quantitative estimate of drug-likeness (QED) is 0.597. The van der Waals surface area contributed by atoms with Crippen LogP contribution in [-0.4, -0.2) is 22.0 Å². The van der Waals surface area contributed by atoms with Crippen molar-refractivity contribution >= 4 is 23.5 Å². The molecular formula is C22H27F3N4O3. The Kier molecular flexibility index (Phi) is 8.07. The van der Waals surface area contributed by atoms with Gasteiger partial charge in [-0.25, -0.2) is 4.79 Å². The number of carbonyl (C=O) groups excluding carboxylic acids is 1. The van der Waals surface area contributed by atoms with Crippen LogP contribution in [0.2, 0.25) is 0 Å². The summed E-state index contributed by atoms with van der Waals surface area (Å²) in [6, 6.07) is 4.53. The van der Waals surface area contributed by atoms with Gasteiger partial charge in [-0.3, -0.25) is 19.1 Å². The predicted octanol–water partition coefficient (Wildman–Crippen LogP) is 3.64. The van der Waals surface area contributed by atoms with E-state index in [0.717, 1.165) is 23.1 Å². The van der Waals surface area contributed by atoms with E-state index in [-0.39, 0.29) is 36.1 Å². The van der Waals surface area contributed by atoms with E-state index in [1.807, 2.05) is 20.8 Å². The third-order valence-electron chi connectivity index (χ3n) is 4.67. The number of benzene rings is 1. The van der Waals surface area contributed by atoms with Crippen LogP contribution in [0.3, 0.4) is 0 Å². The van der Waals surface area contributed by atoms with Crippen molar-refractivity contribution in [3.8, 4) is 0 Å². The second-order valence-corrected chi connectivity index (χ2v) is 7.80. The lowest BCUT2D eigenvalue weighted by Crippen LogP contribution is -2.41. The standard InChI is InChI=1S/C22H27F3N4O3/c1-4-5-11-28(18-19(26)29(13-14(2)3)21(32)27-20(18)31)17(30)10-9-15-7-6-8-16(12-15)22(23,24)25/h6-10,12,14H,4-5,11,13,26H2,1-3H3,(H,27,31,32)/b10-9+. The van der Waals surface area contributed by atoms with E-state index in [1.54, 1.807) is 0 Å². The predicted molar refractivity (Wildman–Crippen MR) is 118 cm³/mol. The van der Waals surface area contributed by atoms with Gasteiger partial charge in [-0.15, -0.1) is 0 Å². The number of halogens is 3. The number of hydrogen-bond acceptors (Lipinski definition) is 4. The van der Waals surface area contributed by atoms with E-state index in [9.17, 15) is 27.6 Å². The molecule has 0 saturated heterocycles. The first-order chi connectivity index (χ1) is 15.0. The number of rotatable bonds is 8. The molecule has 0 bridgehead atoms. The smallest absolute Gasteiger partial charge is 0.383 e. The number of aromatic amines is 1. The molecule has 0 spiro atoms. The van der Waals surface area contributed by atoms with E-state index in [0.29, 0.717) is 12.8 Å². The molecule has 3 N–H and O–H groups in total. The SMILES string of the molecule is CCCCN(C(=O)/C=C/c1cccc(C(F)(F)F)c1)c1c(N)n(CC(C)C)c(=O)[nH]c1=O. The number of amides is 1. The molecule has 0 saturated carbocycles. The van der Waals surface area contributed by atoms with Crippen LogP contribution in [-0.2, 0) is 17.5 Å². The Bertz CT molecular complexity index is 1100. The maximum absolute atomic E-state index is 12.9. The van der Waals surface area contributed by atoms with Gasteiger partial charge in [-0.2, -0.15) is 13.2 Å². The molecular weight excluding hydrogens is 425 g/mol. The highest BCUT2D eigenvalue weighted by molar-refractivity contribution is 6.05. The van der Waals surface area contributed by atoms with Crippen molar-refractivity contribution in [1.82, 2.24) is 9.55 Å². The average Bonchev–Trinajstić information content (AvgIpc) is 2.71. The number of carbonyl (C=O) groups is 1. The Morgan fingerprint density at radius 1 is 1.28 bits per heavy atom. The van der Waals surface area contributed by atoms with Crippen molar-refractivity contribution in [2.45, 2.75) is 46.3 Å². The number of unbranched alkanes of at least 4 members (excludes halogenated alkanes) is 1. The summed E-state index contributed by atoms with van der Waals surface area (Å²) in [5.74, 6) is -0.721. The fraction of sp³-hybridized carbons (Fsp3) is 0.409. The largest absolute Gasteiger partial charge is 0.416 e. The van der Waals surface area contributed by atoms with Crippen LogP contribution >= 0.6 is 0 Å². The van der Waals surface area contributed by atoms with Crippen molar-refractivity contribution in [2.24, 2.45) is 5.92 Å². The Morgan fingerprint density at radius 2 is 1.97 bits per heavy atom. The fourth-order valence-electron chi connectivity index (χ4n) is 3.11. The highest BCUT2D eigenvalue weighted by atomic mass is 19.4. The van der Waals surface area contributed by atoms with Crippen molar-refractivity contribution in [1.29, 1.82) is 0 Å². The number of nitrogens with one attached hydrogen (secondary N) is 1. The number of H-pyrrole nitrogens is 1. The van der Waals surface area contributed by atoms with Crippen LogP contribution in [0.15, 0.2) is 39.9 Å². The molecule has 0 aliphatic heterocycles. The molecule has 0 aliphatic rings. The summed E-state index contributed by atoms with van der Waals surface area (Å²) < 4.78 is 40.0. The minimum absolute atomic E-state index is 0.0503. The summed E-state index contributed by atoms with van der Waals surface area (Å²) in [6.45, 7) is 6.02. The second-order valence-electron chi connectivity index (χ2n) is 7.80. The van der Waals surface area contributed by atoms with Crippen LogP contribution in [0, 0.1) is 5.92 Å². The van der Waals surface area contributed by atoms with Gasteiger partial charge in [-0.05, 0) is 36.1 Å². The summed E-state index contributed by atoms with van der Waals surface area (Å²) in [5, 5.41) is 0. The normalized spacial score (nSPS) is 12.0. The van der Waals surface area contributed by atoms with E-state index < -0.39 is 28.9 Å². The highest BCUT2D eigenvalue weighted by Gasteiger charge is 2.30. The zero-order chi connectivity index (χ0) is 24.1. The molecule has 0 fully saturated rings. The van der Waals surface area contributed by atoms with E-state index in [4.69, 9.17) is 5.73 Å². The third-order valence-corrected chi connectivity index (χ3v) is 4.67. The number of nitrogens with zero attached hydrogens (tertiary/aromatic N) is 2. The zero-order valence-electron chi connectivity index (χ0n) is 18.2. The average molecular weight is 452 g/mol. The van der Waals surface area contributed by atoms with Gasteiger partial charge in [0.2, 0.25) is 0 Å². The number of aromatic nitrogens is 2. The molecule has 1 amide bonds. The topological polar surface area (TPSA) is 101 Å². The van der Waals surface area contributed by atoms with E-state index in [2.05, 4.69) is 4.98 Å². The summed E-state index contributed by atoms with van der Waals surface area (Å²) >= 11 is 0. The van der Waals surface area contributed by atoms with Crippen LogP contribution in [0.4, 0.5) is 24.7 Å². The lowest BCUT2D eigenvalue weighted by atomic mass is 10.1. The first-order valence-corrected chi connectivity index (χ1v) is 10.2. The molecule has 10 heteroatoms. The lowest BCUT2D eigenvalue weighted by Gasteiger charge is -2.23. The Balaban J connectivity index is 2.47. The van der Waals surface area contributed by atoms with Gasteiger partial charge in [0.25, 0.3) is 11.5 Å². The van der Waals surface area contributed by atoms with Crippen LogP contribution in [0.25, 0.3) is 6.08 Å². The monoisotopic (exact) mass is 452 g/mol. The molecule has 0 unspecified atom stereocenters. The number of nitrogen functional groups attached to an aromatic ring is 1. The van der Waals surface area contributed by atoms with Gasteiger partial charge in [0.15, 0.2) is 5.69 Å². The second kappa shape index (κ2) is 10.3. The summed E-state index contributed by atoms with van der Waals surface area (Å²) in [7, 11) is 0. The van der Waals surface area contributed by atoms with E-state index in [1.165, 1.54) is 22.8 Å². The van der Waals surface area contributed by atoms with E-state index >= 15 is 0 Å². The first kappa shape index (κ1) is 25.0. The molecule has 2 aromatic rings. The Hall–Kier alpha value is -3.30. The number of alkyl halides is 3. The van der Waals surface area contributed by atoms with Crippen LogP contribution in [0.1, 0.15) is 44.7 Å². The maximum Gasteiger partial charge on any atom is 0.416 e. The van der Waals surface area contributed by atoms with Gasteiger partial charge in [0, 0.05) is 19.2 Å². The van der Waals surface area contributed by atoms with Gasteiger partial charge in [-0.1, -0.05) is 39.3 Å².